The Balaban J connectivity index is 4.31. The van der Waals surface area contributed by atoms with Crippen LogP contribution in [0.5, 0.6) is 0 Å². The zero-order valence-electron chi connectivity index (χ0n) is 12.2. The van der Waals surface area contributed by atoms with E-state index in [0.717, 1.165) is 32.5 Å². The van der Waals surface area contributed by atoms with Gasteiger partial charge in [0.05, 0.1) is 11.5 Å². The van der Waals surface area contributed by atoms with Crippen LogP contribution >= 0.6 is 0 Å². The highest BCUT2D eigenvalue weighted by Crippen LogP contribution is 2.21. The van der Waals surface area contributed by atoms with Crippen LogP contribution in [-0.4, -0.2) is 31.1 Å². The smallest absolute Gasteiger partial charge is 0.0684 e. The van der Waals surface area contributed by atoms with Gasteiger partial charge < -0.3 is 10.6 Å². The molecule has 0 rings (SSSR count). The molecule has 0 spiro atoms. The lowest BCUT2D eigenvalue weighted by Crippen LogP contribution is -2.40. The van der Waals surface area contributed by atoms with E-state index in [9.17, 15) is 0 Å². The van der Waals surface area contributed by atoms with Gasteiger partial charge in [-0.2, -0.15) is 5.26 Å². The Morgan fingerprint density at radius 3 is 2.18 bits per heavy atom. The highest BCUT2D eigenvalue weighted by atomic mass is 15.1. The molecule has 0 heterocycles. The molecule has 0 bridgehead atoms. The first-order valence-electron chi connectivity index (χ1n) is 6.60. The highest BCUT2D eigenvalue weighted by molar-refractivity contribution is 4.92. The number of nitrogens with two attached hydrogens (primary N) is 1. The van der Waals surface area contributed by atoms with Gasteiger partial charge in [0.15, 0.2) is 0 Å². The Morgan fingerprint density at radius 2 is 1.76 bits per heavy atom. The summed E-state index contributed by atoms with van der Waals surface area (Å²) in [6.45, 7) is 14.4. The van der Waals surface area contributed by atoms with Crippen molar-refractivity contribution >= 4 is 0 Å². The normalized spacial score (nSPS) is 12.8. The third-order valence-electron chi connectivity index (χ3n) is 3.10. The average molecular weight is 239 g/mol. The number of nitrogens with zero attached hydrogens (tertiary/aromatic N) is 2. The van der Waals surface area contributed by atoms with Crippen molar-refractivity contribution < 1.29 is 0 Å². The van der Waals surface area contributed by atoms with Crippen molar-refractivity contribution in [3.63, 3.8) is 0 Å². The molecule has 0 aliphatic carbocycles. The second-order valence-electron chi connectivity index (χ2n) is 6.39. The molecule has 0 aromatic carbocycles. The van der Waals surface area contributed by atoms with Crippen LogP contribution in [-0.2, 0) is 0 Å². The Hall–Kier alpha value is -0.590. The quantitative estimate of drug-likeness (QED) is 0.708. The van der Waals surface area contributed by atoms with Crippen molar-refractivity contribution in [1.82, 2.24) is 4.90 Å². The zero-order chi connectivity index (χ0) is 13.5. The maximum atomic E-state index is 9.03. The summed E-state index contributed by atoms with van der Waals surface area (Å²) < 4.78 is 0. The number of nitriles is 1. The third kappa shape index (κ3) is 7.36. The van der Waals surface area contributed by atoms with E-state index in [2.05, 4.69) is 31.7 Å². The Kier molecular flexibility index (Phi) is 6.74. The van der Waals surface area contributed by atoms with Gasteiger partial charge in [-0.05, 0) is 51.7 Å². The molecule has 0 atom stereocenters. The van der Waals surface area contributed by atoms with Gasteiger partial charge in [-0.25, -0.2) is 0 Å². The zero-order valence-corrected chi connectivity index (χ0v) is 12.2. The van der Waals surface area contributed by atoms with Crippen molar-refractivity contribution in [3.8, 4) is 6.07 Å². The van der Waals surface area contributed by atoms with E-state index >= 15 is 0 Å². The minimum Gasteiger partial charge on any atom is -0.330 e. The predicted molar refractivity (Wildman–Crippen MR) is 73.6 cm³/mol. The molecule has 0 radical (unpaired) electrons. The highest BCUT2D eigenvalue weighted by Gasteiger charge is 2.22. The van der Waals surface area contributed by atoms with E-state index in [1.807, 2.05) is 13.8 Å². The molecule has 2 N–H and O–H groups in total. The van der Waals surface area contributed by atoms with Crippen molar-refractivity contribution in [2.45, 2.75) is 47.5 Å². The van der Waals surface area contributed by atoms with Crippen LogP contribution in [0.3, 0.4) is 0 Å². The molecular weight excluding hydrogens is 210 g/mol. The predicted octanol–water partition coefficient (Wildman–Crippen LogP) is 2.62. The molecule has 17 heavy (non-hydrogen) atoms. The topological polar surface area (TPSA) is 53.0 Å². The van der Waals surface area contributed by atoms with Gasteiger partial charge >= 0.3 is 0 Å². The molecule has 0 fully saturated rings. The van der Waals surface area contributed by atoms with Crippen LogP contribution in [0, 0.1) is 22.2 Å². The Morgan fingerprint density at radius 1 is 1.18 bits per heavy atom. The lowest BCUT2D eigenvalue weighted by atomic mass is 9.89. The van der Waals surface area contributed by atoms with E-state index in [-0.39, 0.29) is 10.8 Å². The van der Waals surface area contributed by atoms with Gasteiger partial charge in [-0.1, -0.05) is 20.8 Å². The molecule has 3 heteroatoms. The van der Waals surface area contributed by atoms with Crippen LogP contribution in [0.4, 0.5) is 0 Å². The number of hydrogen-bond donors (Lipinski definition) is 1. The molecule has 0 unspecified atom stereocenters. The fraction of sp³-hybridized carbons (Fsp3) is 0.929. The number of rotatable bonds is 8. The van der Waals surface area contributed by atoms with E-state index in [1.165, 1.54) is 0 Å². The summed E-state index contributed by atoms with van der Waals surface area (Å²) in [6.07, 6.45) is 2.07. The second kappa shape index (κ2) is 6.98. The van der Waals surface area contributed by atoms with E-state index in [1.54, 1.807) is 0 Å². The molecule has 0 aliphatic heterocycles. The van der Waals surface area contributed by atoms with Crippen LogP contribution < -0.4 is 5.73 Å². The lowest BCUT2D eigenvalue weighted by molar-refractivity contribution is 0.168. The molecular formula is C14H29N3. The molecule has 0 aliphatic rings. The SMILES string of the molecule is CCCN(CCC(C)(C)C#N)CC(C)(C)CN. The van der Waals surface area contributed by atoms with Crippen LogP contribution in [0.25, 0.3) is 0 Å². The van der Waals surface area contributed by atoms with Crippen molar-refractivity contribution in [3.05, 3.63) is 0 Å². The Labute approximate surface area is 107 Å². The standard InChI is InChI=1S/C14H29N3/c1-6-8-17(12-14(4,5)11-16)9-7-13(2,3)10-15/h6-9,11-12,16H2,1-5H3. The van der Waals surface area contributed by atoms with Crippen molar-refractivity contribution in [2.24, 2.45) is 16.6 Å². The van der Waals surface area contributed by atoms with E-state index in [4.69, 9.17) is 11.0 Å². The number of hydrogen-bond acceptors (Lipinski definition) is 3. The summed E-state index contributed by atoms with van der Waals surface area (Å²) in [4.78, 5) is 2.44. The largest absolute Gasteiger partial charge is 0.330 e. The fourth-order valence-electron chi connectivity index (χ4n) is 1.75. The Bertz CT molecular complexity index is 251. The van der Waals surface area contributed by atoms with Crippen LogP contribution in [0.2, 0.25) is 0 Å². The maximum Gasteiger partial charge on any atom is 0.0684 e. The van der Waals surface area contributed by atoms with Gasteiger partial charge in [0.2, 0.25) is 0 Å². The first-order valence-corrected chi connectivity index (χ1v) is 6.60. The summed E-state index contributed by atoms with van der Waals surface area (Å²) in [5.41, 5.74) is 5.72. The average Bonchev–Trinajstić information content (AvgIpc) is 2.26. The fourth-order valence-corrected chi connectivity index (χ4v) is 1.75. The first kappa shape index (κ1) is 16.4. The second-order valence-corrected chi connectivity index (χ2v) is 6.39. The molecule has 0 saturated carbocycles. The van der Waals surface area contributed by atoms with E-state index < -0.39 is 0 Å². The van der Waals surface area contributed by atoms with Crippen LogP contribution in [0.15, 0.2) is 0 Å². The molecule has 0 aromatic rings. The summed E-state index contributed by atoms with van der Waals surface area (Å²) >= 11 is 0. The van der Waals surface area contributed by atoms with E-state index in [0.29, 0.717) is 6.54 Å². The molecule has 0 saturated heterocycles. The lowest BCUT2D eigenvalue weighted by Gasteiger charge is -2.32. The van der Waals surface area contributed by atoms with Gasteiger partial charge in [0.1, 0.15) is 0 Å². The van der Waals surface area contributed by atoms with Crippen molar-refractivity contribution in [1.29, 1.82) is 5.26 Å². The van der Waals surface area contributed by atoms with Gasteiger partial charge in [0, 0.05) is 6.54 Å². The summed E-state index contributed by atoms with van der Waals surface area (Å²) in [5, 5.41) is 9.03. The molecule has 100 valence electrons. The van der Waals surface area contributed by atoms with Crippen molar-refractivity contribution in [2.75, 3.05) is 26.2 Å². The minimum atomic E-state index is -0.223. The van der Waals surface area contributed by atoms with Crippen LogP contribution in [0.1, 0.15) is 47.5 Å². The van der Waals surface area contributed by atoms with Gasteiger partial charge in [0.25, 0.3) is 0 Å². The molecule has 0 amide bonds. The van der Waals surface area contributed by atoms with Gasteiger partial charge in [-0.15, -0.1) is 0 Å². The monoisotopic (exact) mass is 239 g/mol. The summed E-state index contributed by atoms with van der Waals surface area (Å²) in [6, 6.07) is 2.36. The maximum absolute atomic E-state index is 9.03. The van der Waals surface area contributed by atoms with Gasteiger partial charge in [-0.3, -0.25) is 0 Å². The third-order valence-corrected chi connectivity index (χ3v) is 3.10. The summed E-state index contributed by atoms with van der Waals surface area (Å²) in [5.74, 6) is 0. The first-order chi connectivity index (χ1) is 7.76. The molecule has 3 nitrogen and oxygen atoms in total. The minimum absolute atomic E-state index is 0.159. The summed E-state index contributed by atoms with van der Waals surface area (Å²) in [7, 11) is 0. The molecule has 0 aromatic heterocycles.